The van der Waals surface area contributed by atoms with Crippen LogP contribution in [0.25, 0.3) is 0 Å². The van der Waals surface area contributed by atoms with E-state index in [0.717, 1.165) is 12.2 Å². The van der Waals surface area contributed by atoms with Crippen molar-refractivity contribution in [1.82, 2.24) is 5.32 Å². The molecule has 0 aromatic carbocycles. The van der Waals surface area contributed by atoms with Crippen LogP contribution >= 0.6 is 11.8 Å². The maximum Gasteiger partial charge on any atom is 0.327 e. The van der Waals surface area contributed by atoms with Gasteiger partial charge < -0.3 is 10.4 Å². The van der Waals surface area contributed by atoms with Crippen LogP contribution in [-0.2, 0) is 9.59 Å². The largest absolute Gasteiger partial charge is 0.480 e. The van der Waals surface area contributed by atoms with E-state index in [4.69, 9.17) is 10.4 Å². The van der Waals surface area contributed by atoms with Crippen molar-refractivity contribution >= 4 is 23.6 Å². The van der Waals surface area contributed by atoms with Gasteiger partial charge in [0, 0.05) is 19.1 Å². The normalized spacial score (nSPS) is 11.5. The number of amides is 1. The first kappa shape index (κ1) is 13.8. The fraction of sp³-hybridized carbons (Fsp3) is 0.667. The quantitative estimate of drug-likeness (QED) is 0.625. The summed E-state index contributed by atoms with van der Waals surface area (Å²) in [5.41, 5.74) is 0. The summed E-state index contributed by atoms with van der Waals surface area (Å²) in [7, 11) is 0. The molecule has 0 rings (SSSR count). The van der Waals surface area contributed by atoms with Crippen LogP contribution in [0.3, 0.4) is 0 Å². The van der Waals surface area contributed by atoms with Crippen LogP contribution in [0, 0.1) is 11.3 Å². The monoisotopic (exact) mass is 230 g/mol. The molecule has 2 N–H and O–H groups in total. The van der Waals surface area contributed by atoms with Crippen molar-refractivity contribution in [2.45, 2.75) is 25.8 Å². The summed E-state index contributed by atoms with van der Waals surface area (Å²) in [6.45, 7) is 1.29. The van der Waals surface area contributed by atoms with Gasteiger partial charge in [-0.1, -0.05) is 0 Å². The van der Waals surface area contributed by atoms with E-state index in [0.29, 0.717) is 12.2 Å². The first-order valence-electron chi connectivity index (χ1n) is 4.52. The molecular weight excluding hydrogens is 216 g/mol. The molecule has 6 heteroatoms. The lowest BCUT2D eigenvalue weighted by Crippen LogP contribution is -2.41. The minimum absolute atomic E-state index is 0.334. The molecule has 84 valence electrons. The molecule has 1 atom stereocenters. The summed E-state index contributed by atoms with van der Waals surface area (Å²) < 4.78 is 0. The number of carbonyl (C=O) groups is 2. The minimum Gasteiger partial charge on any atom is -0.480 e. The number of carboxylic acid groups (broad SMARTS) is 1. The van der Waals surface area contributed by atoms with Gasteiger partial charge in [0.25, 0.3) is 0 Å². The Morgan fingerprint density at radius 3 is 2.73 bits per heavy atom. The fourth-order valence-corrected chi connectivity index (χ4v) is 1.85. The number of unbranched alkanes of at least 4 members (excludes halogenated alkanes) is 1. The molecule has 0 aliphatic carbocycles. The number of nitrogens with one attached hydrogen (secondary N) is 1. The van der Waals surface area contributed by atoms with E-state index < -0.39 is 12.0 Å². The number of carboxylic acids is 1. The van der Waals surface area contributed by atoms with Crippen molar-refractivity contribution in [2.24, 2.45) is 0 Å². The van der Waals surface area contributed by atoms with Crippen LogP contribution in [0.5, 0.6) is 0 Å². The Balaban J connectivity index is 3.73. The molecule has 15 heavy (non-hydrogen) atoms. The van der Waals surface area contributed by atoms with Gasteiger partial charge in [0.05, 0.1) is 6.07 Å². The molecule has 0 spiro atoms. The Morgan fingerprint density at radius 1 is 1.60 bits per heavy atom. The van der Waals surface area contributed by atoms with Crippen molar-refractivity contribution < 1.29 is 14.7 Å². The molecule has 0 aromatic rings. The van der Waals surface area contributed by atoms with Gasteiger partial charge in [-0.25, -0.2) is 4.79 Å². The molecule has 0 saturated carbocycles. The average molecular weight is 230 g/mol. The van der Waals surface area contributed by atoms with Crippen LogP contribution < -0.4 is 5.32 Å². The SMILES string of the molecule is CC(=O)NC(CSCCCC#N)C(=O)O. The molecular formula is C9H14N2O3S. The topological polar surface area (TPSA) is 90.2 Å². The summed E-state index contributed by atoms with van der Waals surface area (Å²) in [4.78, 5) is 21.3. The summed E-state index contributed by atoms with van der Waals surface area (Å²) in [6, 6.07) is 1.17. The van der Waals surface area contributed by atoms with Gasteiger partial charge in [0.2, 0.25) is 5.91 Å². The highest BCUT2D eigenvalue weighted by Gasteiger charge is 2.17. The highest BCUT2D eigenvalue weighted by Crippen LogP contribution is 2.06. The Morgan fingerprint density at radius 2 is 2.27 bits per heavy atom. The Labute approximate surface area is 92.8 Å². The van der Waals surface area contributed by atoms with E-state index in [1.807, 2.05) is 6.07 Å². The van der Waals surface area contributed by atoms with Crippen LogP contribution in [-0.4, -0.2) is 34.5 Å². The van der Waals surface area contributed by atoms with E-state index >= 15 is 0 Å². The lowest BCUT2D eigenvalue weighted by atomic mass is 10.3. The van der Waals surface area contributed by atoms with Gasteiger partial charge in [-0.05, 0) is 12.2 Å². The first-order chi connectivity index (χ1) is 7.07. The number of rotatable bonds is 7. The molecule has 0 aliphatic rings. The van der Waals surface area contributed by atoms with Crippen LogP contribution in [0.2, 0.25) is 0 Å². The lowest BCUT2D eigenvalue weighted by molar-refractivity contribution is -0.140. The van der Waals surface area contributed by atoms with E-state index in [2.05, 4.69) is 5.32 Å². The summed E-state index contributed by atoms with van der Waals surface area (Å²) >= 11 is 1.42. The molecule has 1 unspecified atom stereocenters. The molecule has 5 nitrogen and oxygen atoms in total. The number of nitrogens with zero attached hydrogens (tertiary/aromatic N) is 1. The Bertz CT molecular complexity index is 263. The highest BCUT2D eigenvalue weighted by atomic mass is 32.2. The molecule has 0 fully saturated rings. The Hall–Kier alpha value is -1.22. The van der Waals surface area contributed by atoms with E-state index in [-0.39, 0.29) is 5.91 Å². The van der Waals surface area contributed by atoms with Crippen molar-refractivity contribution in [3.63, 3.8) is 0 Å². The number of aliphatic carboxylic acids is 1. The fourth-order valence-electron chi connectivity index (χ4n) is 0.875. The summed E-state index contributed by atoms with van der Waals surface area (Å²) in [5, 5.41) is 19.4. The number of hydrogen-bond acceptors (Lipinski definition) is 4. The second-order valence-electron chi connectivity index (χ2n) is 2.93. The zero-order valence-corrected chi connectivity index (χ0v) is 9.34. The molecule has 0 aromatic heterocycles. The maximum atomic E-state index is 10.7. The minimum atomic E-state index is -1.03. The van der Waals surface area contributed by atoms with Crippen LogP contribution in [0.1, 0.15) is 19.8 Å². The standard InChI is InChI=1S/C9H14N2O3S/c1-7(12)11-8(9(13)14)6-15-5-3-2-4-10/h8H,2-3,5-6H2,1H3,(H,11,12)(H,13,14). The molecule has 1 amide bonds. The second-order valence-corrected chi connectivity index (χ2v) is 4.08. The van der Waals surface area contributed by atoms with Gasteiger partial charge in [-0.2, -0.15) is 17.0 Å². The molecule has 0 heterocycles. The number of carbonyl (C=O) groups excluding carboxylic acids is 1. The molecule has 0 aliphatic heterocycles. The zero-order chi connectivity index (χ0) is 11.7. The second kappa shape index (κ2) is 8.12. The molecule has 0 saturated heterocycles. The van der Waals surface area contributed by atoms with Gasteiger partial charge in [-0.15, -0.1) is 0 Å². The summed E-state index contributed by atoms with van der Waals surface area (Å²) in [5.74, 6) is -0.310. The first-order valence-corrected chi connectivity index (χ1v) is 5.68. The Kier molecular flexibility index (Phi) is 7.46. The number of thioether (sulfide) groups is 1. The zero-order valence-electron chi connectivity index (χ0n) is 8.52. The van der Waals surface area contributed by atoms with Gasteiger partial charge >= 0.3 is 5.97 Å². The van der Waals surface area contributed by atoms with E-state index in [1.165, 1.54) is 18.7 Å². The molecule has 0 bridgehead atoms. The van der Waals surface area contributed by atoms with Crippen molar-refractivity contribution in [2.75, 3.05) is 11.5 Å². The number of hydrogen-bond donors (Lipinski definition) is 2. The van der Waals surface area contributed by atoms with Crippen LogP contribution in [0.15, 0.2) is 0 Å². The van der Waals surface area contributed by atoms with Crippen molar-refractivity contribution in [1.29, 1.82) is 5.26 Å². The van der Waals surface area contributed by atoms with Crippen LogP contribution in [0.4, 0.5) is 0 Å². The number of nitriles is 1. The lowest BCUT2D eigenvalue weighted by Gasteiger charge is -2.12. The summed E-state index contributed by atoms with van der Waals surface area (Å²) in [6.07, 6.45) is 1.22. The van der Waals surface area contributed by atoms with Gasteiger partial charge in [-0.3, -0.25) is 4.79 Å². The predicted octanol–water partition coefficient (Wildman–Crippen LogP) is 0.613. The maximum absolute atomic E-state index is 10.7. The van der Waals surface area contributed by atoms with E-state index in [9.17, 15) is 9.59 Å². The van der Waals surface area contributed by atoms with Gasteiger partial charge in [0.1, 0.15) is 6.04 Å². The third-order valence-corrected chi connectivity index (χ3v) is 2.68. The third kappa shape index (κ3) is 7.82. The predicted molar refractivity (Wildman–Crippen MR) is 57.4 cm³/mol. The molecule has 0 radical (unpaired) electrons. The third-order valence-electron chi connectivity index (χ3n) is 1.54. The highest BCUT2D eigenvalue weighted by molar-refractivity contribution is 7.99. The average Bonchev–Trinajstić information content (AvgIpc) is 2.15. The smallest absolute Gasteiger partial charge is 0.327 e. The van der Waals surface area contributed by atoms with E-state index in [1.54, 1.807) is 0 Å². The van der Waals surface area contributed by atoms with Gasteiger partial charge in [0.15, 0.2) is 0 Å². The van der Waals surface area contributed by atoms with Crippen molar-refractivity contribution in [3.8, 4) is 6.07 Å². The van der Waals surface area contributed by atoms with Crippen molar-refractivity contribution in [3.05, 3.63) is 0 Å².